The molecule has 2 N–H and O–H groups in total. The number of alkyl halides is 3. The number of carbonyl (C=O) groups excluding carboxylic acids is 1. The Morgan fingerprint density at radius 2 is 1.91 bits per heavy atom. The highest BCUT2D eigenvalue weighted by atomic mass is 19.4. The molecule has 3 aromatic rings. The third-order valence-electron chi connectivity index (χ3n) is 6.31. The molecule has 5 nitrogen and oxygen atoms in total. The normalized spacial score (nSPS) is 16.8. The smallest absolute Gasteiger partial charge is 0.418 e. The maximum atomic E-state index is 13.2. The number of rotatable bonds is 5. The van der Waals surface area contributed by atoms with Crippen LogP contribution in [0.15, 0.2) is 48.7 Å². The van der Waals surface area contributed by atoms with Gasteiger partial charge in [0.15, 0.2) is 0 Å². The number of anilines is 1. The highest BCUT2D eigenvalue weighted by molar-refractivity contribution is 5.95. The maximum Gasteiger partial charge on any atom is 0.418 e. The lowest BCUT2D eigenvalue weighted by Gasteiger charge is -2.35. The number of hydrogen-bond acceptors (Lipinski definition) is 3. The van der Waals surface area contributed by atoms with Crippen molar-refractivity contribution in [1.29, 1.82) is 0 Å². The van der Waals surface area contributed by atoms with Gasteiger partial charge >= 0.3 is 6.18 Å². The first-order chi connectivity index (χ1) is 15.3. The Morgan fingerprint density at radius 1 is 1.19 bits per heavy atom. The predicted octanol–water partition coefficient (Wildman–Crippen LogP) is 5.40. The highest BCUT2D eigenvalue weighted by Gasteiger charge is 2.34. The molecule has 2 heterocycles. The average molecular weight is 445 g/mol. The minimum Gasteiger partial charge on any atom is -0.497 e. The average Bonchev–Trinajstić information content (AvgIpc) is 3.21. The van der Waals surface area contributed by atoms with Crippen molar-refractivity contribution in [2.75, 3.05) is 25.5 Å². The number of carbonyl (C=O) groups is 1. The van der Waals surface area contributed by atoms with E-state index >= 15 is 0 Å². The van der Waals surface area contributed by atoms with Crippen LogP contribution >= 0.6 is 0 Å². The SMILES string of the molecule is COc1ccc2[nH]cc(C3CCN(C(C)C(=O)Nc4ccccc4C(F)(F)F)CC3)c2c1. The molecule has 0 radical (unpaired) electrons. The molecule has 0 saturated carbocycles. The summed E-state index contributed by atoms with van der Waals surface area (Å²) < 4.78 is 45.0. The molecule has 4 rings (SSSR count). The summed E-state index contributed by atoms with van der Waals surface area (Å²) in [6, 6.07) is 10.5. The quantitative estimate of drug-likeness (QED) is 0.553. The van der Waals surface area contributed by atoms with Crippen molar-refractivity contribution < 1.29 is 22.7 Å². The number of aromatic amines is 1. The standard InChI is InChI=1S/C24H26F3N3O2/c1-15(23(31)29-22-6-4-3-5-20(22)24(25,26)27)30-11-9-16(10-12-30)19-14-28-21-8-7-17(32-2)13-18(19)21/h3-8,13-16,28H,9-12H2,1-2H3,(H,29,31). The summed E-state index contributed by atoms with van der Waals surface area (Å²) in [4.78, 5) is 18.0. The minimum absolute atomic E-state index is 0.209. The van der Waals surface area contributed by atoms with Crippen LogP contribution in [0.1, 0.15) is 36.8 Å². The number of methoxy groups -OCH3 is 1. The van der Waals surface area contributed by atoms with E-state index in [1.54, 1.807) is 14.0 Å². The number of benzene rings is 2. The molecule has 1 fully saturated rings. The number of fused-ring (bicyclic) bond motifs is 1. The van der Waals surface area contributed by atoms with E-state index in [9.17, 15) is 18.0 Å². The lowest BCUT2D eigenvalue weighted by atomic mass is 9.88. The summed E-state index contributed by atoms with van der Waals surface area (Å²) in [6.45, 7) is 3.12. The summed E-state index contributed by atoms with van der Waals surface area (Å²) in [5.74, 6) is 0.713. The first-order valence-corrected chi connectivity index (χ1v) is 10.6. The minimum atomic E-state index is -4.52. The number of para-hydroxylation sites is 1. The summed E-state index contributed by atoms with van der Waals surface area (Å²) >= 11 is 0. The van der Waals surface area contributed by atoms with Crippen molar-refractivity contribution in [3.8, 4) is 5.75 Å². The van der Waals surface area contributed by atoms with Crippen LogP contribution in [-0.4, -0.2) is 42.0 Å². The van der Waals surface area contributed by atoms with Crippen molar-refractivity contribution in [2.24, 2.45) is 0 Å². The van der Waals surface area contributed by atoms with Crippen LogP contribution in [0.5, 0.6) is 5.75 Å². The number of amides is 1. The number of hydrogen-bond donors (Lipinski definition) is 2. The molecule has 1 aliphatic heterocycles. The molecule has 1 aliphatic rings. The van der Waals surface area contributed by atoms with Crippen molar-refractivity contribution in [3.05, 3.63) is 59.8 Å². The Bertz CT molecular complexity index is 1100. The monoisotopic (exact) mass is 445 g/mol. The molecule has 0 aliphatic carbocycles. The van der Waals surface area contributed by atoms with Gasteiger partial charge in [0, 0.05) is 17.1 Å². The third kappa shape index (κ3) is 4.46. The van der Waals surface area contributed by atoms with E-state index < -0.39 is 23.7 Å². The fourth-order valence-corrected chi connectivity index (χ4v) is 4.43. The van der Waals surface area contributed by atoms with Gasteiger partial charge in [0.05, 0.1) is 24.4 Å². The number of nitrogens with zero attached hydrogens (tertiary/aromatic N) is 1. The molecule has 2 aromatic carbocycles. The lowest BCUT2D eigenvalue weighted by Crippen LogP contribution is -2.45. The molecule has 1 aromatic heterocycles. The Hall–Kier alpha value is -3.00. The second-order valence-electron chi connectivity index (χ2n) is 8.17. The molecule has 1 amide bonds. The van der Waals surface area contributed by atoms with Gasteiger partial charge in [-0.3, -0.25) is 9.69 Å². The Balaban J connectivity index is 1.41. The number of H-pyrrole nitrogens is 1. The summed E-state index contributed by atoms with van der Waals surface area (Å²) in [7, 11) is 1.64. The van der Waals surface area contributed by atoms with E-state index in [-0.39, 0.29) is 5.69 Å². The van der Waals surface area contributed by atoms with Crippen LogP contribution in [0.2, 0.25) is 0 Å². The van der Waals surface area contributed by atoms with E-state index in [0.29, 0.717) is 19.0 Å². The molecular weight excluding hydrogens is 419 g/mol. The first-order valence-electron chi connectivity index (χ1n) is 10.6. The number of piperidine rings is 1. The number of halogens is 3. The van der Waals surface area contributed by atoms with Gasteiger partial charge in [-0.2, -0.15) is 13.2 Å². The van der Waals surface area contributed by atoms with Gasteiger partial charge in [-0.05, 0) is 74.7 Å². The topological polar surface area (TPSA) is 57.4 Å². The Labute approximate surface area is 184 Å². The van der Waals surface area contributed by atoms with Crippen LogP contribution in [0.3, 0.4) is 0 Å². The maximum absolute atomic E-state index is 13.2. The van der Waals surface area contributed by atoms with Gasteiger partial charge in [-0.1, -0.05) is 12.1 Å². The Kier molecular flexibility index (Phi) is 6.15. The van der Waals surface area contributed by atoms with Crippen LogP contribution in [0, 0.1) is 0 Å². The van der Waals surface area contributed by atoms with E-state index in [2.05, 4.69) is 10.3 Å². The molecule has 1 saturated heterocycles. The molecule has 1 unspecified atom stereocenters. The van der Waals surface area contributed by atoms with Crippen LogP contribution in [0.25, 0.3) is 10.9 Å². The van der Waals surface area contributed by atoms with Gasteiger partial charge in [-0.25, -0.2) is 0 Å². The zero-order valence-electron chi connectivity index (χ0n) is 18.0. The summed E-state index contributed by atoms with van der Waals surface area (Å²) in [5, 5.41) is 3.61. The number of nitrogens with one attached hydrogen (secondary N) is 2. The molecular formula is C24H26F3N3O2. The van der Waals surface area contributed by atoms with Gasteiger partial charge in [0.25, 0.3) is 0 Å². The van der Waals surface area contributed by atoms with Crippen molar-refractivity contribution in [1.82, 2.24) is 9.88 Å². The predicted molar refractivity (Wildman–Crippen MR) is 118 cm³/mol. The number of likely N-dealkylation sites (tertiary alicyclic amines) is 1. The fourth-order valence-electron chi connectivity index (χ4n) is 4.43. The van der Waals surface area contributed by atoms with Gasteiger partial charge in [-0.15, -0.1) is 0 Å². The molecule has 8 heteroatoms. The van der Waals surface area contributed by atoms with E-state index in [4.69, 9.17) is 4.74 Å². The first kappa shape index (κ1) is 22.2. The Morgan fingerprint density at radius 3 is 2.59 bits per heavy atom. The van der Waals surface area contributed by atoms with Crippen molar-refractivity contribution in [3.63, 3.8) is 0 Å². The molecule has 170 valence electrons. The van der Waals surface area contributed by atoms with Gasteiger partial charge in [0.1, 0.15) is 5.75 Å². The lowest BCUT2D eigenvalue weighted by molar-refractivity contribution is -0.137. The summed E-state index contributed by atoms with van der Waals surface area (Å²) in [6.07, 6.45) is -0.760. The fraction of sp³-hybridized carbons (Fsp3) is 0.375. The third-order valence-corrected chi connectivity index (χ3v) is 6.31. The van der Waals surface area contributed by atoms with Crippen LogP contribution in [0.4, 0.5) is 18.9 Å². The second-order valence-corrected chi connectivity index (χ2v) is 8.17. The van der Waals surface area contributed by atoms with E-state index in [1.165, 1.54) is 23.8 Å². The van der Waals surface area contributed by atoms with Gasteiger partial charge in [0.2, 0.25) is 5.91 Å². The van der Waals surface area contributed by atoms with Crippen molar-refractivity contribution >= 4 is 22.5 Å². The molecule has 1 atom stereocenters. The molecule has 0 bridgehead atoms. The number of ether oxygens (including phenoxy) is 1. The number of aromatic nitrogens is 1. The highest BCUT2D eigenvalue weighted by Crippen LogP contribution is 2.36. The van der Waals surface area contributed by atoms with E-state index in [0.717, 1.165) is 35.6 Å². The zero-order valence-corrected chi connectivity index (χ0v) is 18.0. The molecule has 0 spiro atoms. The van der Waals surface area contributed by atoms with Crippen LogP contribution < -0.4 is 10.1 Å². The molecule has 32 heavy (non-hydrogen) atoms. The van der Waals surface area contributed by atoms with Crippen molar-refractivity contribution in [2.45, 2.75) is 37.9 Å². The van der Waals surface area contributed by atoms with Gasteiger partial charge < -0.3 is 15.0 Å². The summed E-state index contributed by atoms with van der Waals surface area (Å²) in [5.41, 5.74) is 1.24. The zero-order chi connectivity index (χ0) is 22.9. The van der Waals surface area contributed by atoms with Crippen LogP contribution in [-0.2, 0) is 11.0 Å². The largest absolute Gasteiger partial charge is 0.497 e. The second kappa shape index (κ2) is 8.86. The van der Waals surface area contributed by atoms with E-state index in [1.807, 2.05) is 29.3 Å².